The van der Waals surface area contributed by atoms with E-state index in [1.165, 1.54) is 13.4 Å². The summed E-state index contributed by atoms with van der Waals surface area (Å²) in [6.45, 7) is 0.616. The summed E-state index contributed by atoms with van der Waals surface area (Å²) >= 11 is 0. The zero-order chi connectivity index (χ0) is 15.5. The van der Waals surface area contributed by atoms with Crippen LogP contribution in [0.2, 0.25) is 0 Å². The monoisotopic (exact) mass is 300 g/mol. The van der Waals surface area contributed by atoms with Crippen molar-refractivity contribution in [2.24, 2.45) is 0 Å². The van der Waals surface area contributed by atoms with Gasteiger partial charge < -0.3 is 19.4 Å². The van der Waals surface area contributed by atoms with Crippen LogP contribution in [0.15, 0.2) is 41.0 Å². The molecule has 0 spiro atoms. The van der Waals surface area contributed by atoms with Gasteiger partial charge in [-0.1, -0.05) is 0 Å². The van der Waals surface area contributed by atoms with Gasteiger partial charge in [0.25, 0.3) is 5.91 Å². The molecule has 1 N–H and O–H groups in total. The molecule has 0 fully saturated rings. The molecule has 0 saturated heterocycles. The average Bonchev–Trinajstić information content (AvgIpc) is 3.16. The molecule has 2 aromatic rings. The van der Waals surface area contributed by atoms with Gasteiger partial charge in [0.15, 0.2) is 5.76 Å². The fraction of sp³-hybridized carbons (Fsp3) is 0.250. The van der Waals surface area contributed by atoms with E-state index < -0.39 is 0 Å². The lowest BCUT2D eigenvalue weighted by Gasteiger charge is -2.16. The zero-order valence-corrected chi connectivity index (χ0v) is 12.2. The number of furan rings is 1. The van der Waals surface area contributed by atoms with Crippen LogP contribution in [-0.2, 0) is 16.0 Å². The van der Waals surface area contributed by atoms with E-state index in [9.17, 15) is 9.59 Å². The Morgan fingerprint density at radius 2 is 2.23 bits per heavy atom. The molecule has 0 unspecified atom stereocenters. The zero-order valence-electron chi connectivity index (χ0n) is 12.2. The number of carbonyl (C=O) groups excluding carboxylic acids is 2. The van der Waals surface area contributed by atoms with Crippen LogP contribution in [0.4, 0.5) is 11.4 Å². The van der Waals surface area contributed by atoms with Gasteiger partial charge in [0, 0.05) is 25.0 Å². The number of nitrogens with zero attached hydrogens (tertiary/aromatic N) is 1. The number of ether oxygens (including phenoxy) is 1. The van der Waals surface area contributed by atoms with Crippen molar-refractivity contribution in [3.63, 3.8) is 0 Å². The average molecular weight is 300 g/mol. The van der Waals surface area contributed by atoms with Crippen LogP contribution in [0.5, 0.6) is 0 Å². The van der Waals surface area contributed by atoms with E-state index in [4.69, 9.17) is 9.15 Å². The number of benzene rings is 1. The molecule has 2 heterocycles. The fourth-order valence-corrected chi connectivity index (χ4v) is 2.55. The SMILES string of the molecule is COCC(=O)Nc1ccc2c(c1)CCN2C(=O)c1ccco1. The van der Waals surface area contributed by atoms with Crippen LogP contribution in [0.25, 0.3) is 0 Å². The molecule has 0 radical (unpaired) electrons. The van der Waals surface area contributed by atoms with Crippen molar-refractivity contribution in [1.82, 2.24) is 0 Å². The van der Waals surface area contributed by atoms with Crippen molar-refractivity contribution in [1.29, 1.82) is 0 Å². The molecule has 114 valence electrons. The highest BCUT2D eigenvalue weighted by Gasteiger charge is 2.27. The number of hydrogen-bond donors (Lipinski definition) is 1. The van der Waals surface area contributed by atoms with Crippen LogP contribution < -0.4 is 10.2 Å². The minimum Gasteiger partial charge on any atom is -0.459 e. The van der Waals surface area contributed by atoms with E-state index in [0.717, 1.165) is 17.7 Å². The Morgan fingerprint density at radius 1 is 1.36 bits per heavy atom. The normalized spacial score (nSPS) is 13.0. The first-order valence-corrected chi connectivity index (χ1v) is 6.96. The van der Waals surface area contributed by atoms with E-state index in [1.807, 2.05) is 12.1 Å². The van der Waals surface area contributed by atoms with Gasteiger partial charge in [-0.2, -0.15) is 0 Å². The quantitative estimate of drug-likeness (QED) is 0.938. The van der Waals surface area contributed by atoms with Crippen molar-refractivity contribution in [3.05, 3.63) is 47.9 Å². The van der Waals surface area contributed by atoms with Crippen molar-refractivity contribution in [3.8, 4) is 0 Å². The van der Waals surface area contributed by atoms with Gasteiger partial charge in [0.2, 0.25) is 5.91 Å². The van der Waals surface area contributed by atoms with Gasteiger partial charge in [-0.3, -0.25) is 9.59 Å². The lowest BCUT2D eigenvalue weighted by atomic mass is 10.1. The van der Waals surface area contributed by atoms with Crippen molar-refractivity contribution in [2.45, 2.75) is 6.42 Å². The Morgan fingerprint density at radius 3 is 2.95 bits per heavy atom. The second kappa shape index (κ2) is 6.03. The Bertz CT molecular complexity index is 694. The van der Waals surface area contributed by atoms with Gasteiger partial charge in [-0.25, -0.2) is 0 Å². The number of fused-ring (bicyclic) bond motifs is 1. The van der Waals surface area contributed by atoms with E-state index in [2.05, 4.69) is 5.32 Å². The Hall–Kier alpha value is -2.60. The minimum atomic E-state index is -0.205. The van der Waals surface area contributed by atoms with Crippen molar-refractivity contribution < 1.29 is 18.7 Å². The topological polar surface area (TPSA) is 71.8 Å². The number of rotatable bonds is 4. The number of anilines is 2. The lowest BCUT2D eigenvalue weighted by Crippen LogP contribution is -2.28. The van der Waals surface area contributed by atoms with Crippen LogP contribution in [0, 0.1) is 0 Å². The molecule has 6 nitrogen and oxygen atoms in total. The number of amides is 2. The summed E-state index contributed by atoms with van der Waals surface area (Å²) in [5.74, 6) is -0.0331. The van der Waals surface area contributed by atoms with Crippen molar-refractivity contribution >= 4 is 23.2 Å². The highest BCUT2D eigenvalue weighted by molar-refractivity contribution is 6.05. The summed E-state index contributed by atoms with van der Waals surface area (Å²) in [5.41, 5.74) is 2.58. The maximum absolute atomic E-state index is 12.4. The highest BCUT2D eigenvalue weighted by Crippen LogP contribution is 2.31. The fourth-order valence-electron chi connectivity index (χ4n) is 2.55. The maximum atomic E-state index is 12.4. The third-order valence-electron chi connectivity index (χ3n) is 3.51. The molecule has 22 heavy (non-hydrogen) atoms. The minimum absolute atomic E-state index is 0.0141. The van der Waals surface area contributed by atoms with E-state index in [0.29, 0.717) is 18.0 Å². The third kappa shape index (κ3) is 2.73. The van der Waals surface area contributed by atoms with Gasteiger partial charge in [-0.15, -0.1) is 0 Å². The Balaban J connectivity index is 1.78. The number of carbonyl (C=O) groups is 2. The predicted molar refractivity (Wildman–Crippen MR) is 81.0 cm³/mol. The first-order chi connectivity index (χ1) is 10.7. The lowest BCUT2D eigenvalue weighted by molar-refractivity contribution is -0.119. The number of methoxy groups -OCH3 is 1. The predicted octanol–water partition coefficient (Wildman–Crippen LogP) is 2.07. The van der Waals surface area contributed by atoms with Crippen molar-refractivity contribution in [2.75, 3.05) is 30.5 Å². The molecule has 0 atom stereocenters. The van der Waals surface area contributed by atoms with Crippen LogP contribution >= 0.6 is 0 Å². The third-order valence-corrected chi connectivity index (χ3v) is 3.51. The summed E-state index contributed by atoms with van der Waals surface area (Å²) in [6, 6.07) is 8.85. The molecule has 1 aliphatic rings. The molecule has 1 aromatic heterocycles. The molecule has 6 heteroatoms. The maximum Gasteiger partial charge on any atom is 0.293 e. The van der Waals surface area contributed by atoms with Gasteiger partial charge in [0.05, 0.1) is 6.26 Å². The summed E-state index contributed by atoms with van der Waals surface area (Å²) in [5, 5.41) is 2.76. The van der Waals surface area contributed by atoms with Crippen LogP contribution in [0.1, 0.15) is 16.1 Å². The smallest absolute Gasteiger partial charge is 0.293 e. The van der Waals surface area contributed by atoms with E-state index in [-0.39, 0.29) is 18.4 Å². The number of hydrogen-bond acceptors (Lipinski definition) is 4. The van der Waals surface area contributed by atoms with E-state index in [1.54, 1.807) is 23.1 Å². The summed E-state index contributed by atoms with van der Waals surface area (Å²) < 4.78 is 9.95. The molecule has 0 saturated carbocycles. The summed E-state index contributed by atoms with van der Waals surface area (Å²) in [4.78, 5) is 25.6. The molecule has 0 bridgehead atoms. The second-order valence-corrected chi connectivity index (χ2v) is 5.01. The molecule has 1 aliphatic heterocycles. The largest absolute Gasteiger partial charge is 0.459 e. The van der Waals surface area contributed by atoms with Gasteiger partial charge >= 0.3 is 0 Å². The number of nitrogens with one attached hydrogen (secondary N) is 1. The second-order valence-electron chi connectivity index (χ2n) is 5.01. The molecule has 3 rings (SSSR count). The van der Waals surface area contributed by atoms with Gasteiger partial charge in [-0.05, 0) is 42.3 Å². The molecular weight excluding hydrogens is 284 g/mol. The Kier molecular flexibility index (Phi) is 3.93. The van der Waals surface area contributed by atoms with Crippen LogP contribution in [-0.4, -0.2) is 32.1 Å². The first-order valence-electron chi connectivity index (χ1n) is 6.96. The molecule has 2 amide bonds. The van der Waals surface area contributed by atoms with Crippen LogP contribution in [0.3, 0.4) is 0 Å². The highest BCUT2D eigenvalue weighted by atomic mass is 16.5. The molecular formula is C16H16N2O4. The molecule has 0 aliphatic carbocycles. The Labute approximate surface area is 127 Å². The standard InChI is InChI=1S/C16H16N2O4/c1-21-10-15(19)17-12-4-5-13-11(9-12)6-7-18(13)16(20)14-3-2-8-22-14/h2-5,8-9H,6-7,10H2,1H3,(H,17,19). The first kappa shape index (κ1) is 14.3. The van der Waals surface area contributed by atoms with E-state index >= 15 is 0 Å². The molecule has 1 aromatic carbocycles. The van der Waals surface area contributed by atoms with Gasteiger partial charge in [0.1, 0.15) is 6.61 Å². The summed E-state index contributed by atoms with van der Waals surface area (Å²) in [7, 11) is 1.47. The summed E-state index contributed by atoms with van der Waals surface area (Å²) in [6.07, 6.45) is 2.23.